The van der Waals surface area contributed by atoms with E-state index < -0.39 is 5.60 Å². The van der Waals surface area contributed by atoms with Crippen molar-refractivity contribution < 1.29 is 14.6 Å². The number of nitrogens with one attached hydrogen (secondary N) is 1. The van der Waals surface area contributed by atoms with Gasteiger partial charge in [-0.3, -0.25) is 4.79 Å². The lowest BCUT2D eigenvalue weighted by Crippen LogP contribution is -2.24. The number of aliphatic hydroxyl groups is 2. The number of aromatic nitrogens is 4. The molecule has 1 unspecified atom stereocenters. The van der Waals surface area contributed by atoms with Crippen LogP contribution in [-0.2, 0) is 13.7 Å². The molecule has 3 heterocycles. The molecule has 0 spiro atoms. The molecule has 1 aliphatic carbocycles. The number of aliphatic hydroxyl groups excluding tert-OH is 1. The van der Waals surface area contributed by atoms with Crippen molar-refractivity contribution in [3.05, 3.63) is 33.7 Å². The molecule has 3 aromatic rings. The molecule has 0 bridgehead atoms. The summed E-state index contributed by atoms with van der Waals surface area (Å²) in [5, 5.41) is 28.0. The van der Waals surface area contributed by atoms with Crippen molar-refractivity contribution in [2.75, 3.05) is 0 Å². The third kappa shape index (κ3) is 2.95. The highest BCUT2D eigenvalue weighted by atomic mass is 16.4. The van der Waals surface area contributed by atoms with Crippen LogP contribution in [-0.4, -0.2) is 35.6 Å². The second-order valence-corrected chi connectivity index (χ2v) is 7.16. The first-order valence-corrected chi connectivity index (χ1v) is 8.73. The van der Waals surface area contributed by atoms with Gasteiger partial charge in [-0.1, -0.05) is 11.8 Å². The molecule has 1 aliphatic rings. The Morgan fingerprint density at radius 2 is 2.19 bits per heavy atom. The van der Waals surface area contributed by atoms with Gasteiger partial charge in [0, 0.05) is 24.3 Å². The van der Waals surface area contributed by atoms with Gasteiger partial charge in [0.1, 0.15) is 17.7 Å². The number of aromatic amines is 1. The van der Waals surface area contributed by atoms with E-state index in [1.807, 2.05) is 0 Å². The van der Waals surface area contributed by atoms with Gasteiger partial charge in [0.2, 0.25) is 11.8 Å². The van der Waals surface area contributed by atoms with Gasteiger partial charge < -0.3 is 24.2 Å². The number of pyridine rings is 1. The Morgan fingerprint density at radius 1 is 1.44 bits per heavy atom. The molecule has 3 N–H and O–H groups in total. The summed E-state index contributed by atoms with van der Waals surface area (Å²) in [5.41, 5.74) is 0.938. The van der Waals surface area contributed by atoms with E-state index in [-0.39, 0.29) is 29.9 Å². The van der Waals surface area contributed by atoms with Gasteiger partial charge in [-0.25, -0.2) is 0 Å². The average molecular weight is 368 g/mol. The Kier molecular flexibility index (Phi) is 3.94. The second-order valence-electron chi connectivity index (χ2n) is 7.16. The molecule has 27 heavy (non-hydrogen) atoms. The fraction of sp³-hybridized carbons (Fsp3) is 0.421. The van der Waals surface area contributed by atoms with Crippen LogP contribution in [0.3, 0.4) is 0 Å². The normalized spacial score (nSPS) is 16.2. The largest absolute Gasteiger partial charge is 0.418 e. The van der Waals surface area contributed by atoms with Crippen LogP contribution in [0.2, 0.25) is 0 Å². The van der Waals surface area contributed by atoms with Crippen molar-refractivity contribution in [1.82, 2.24) is 19.7 Å². The van der Waals surface area contributed by atoms with E-state index in [2.05, 4.69) is 27.0 Å². The molecule has 0 aromatic carbocycles. The predicted molar refractivity (Wildman–Crippen MR) is 97.7 cm³/mol. The van der Waals surface area contributed by atoms with E-state index in [9.17, 15) is 15.0 Å². The lowest BCUT2D eigenvalue weighted by Gasteiger charge is -2.14. The zero-order chi connectivity index (χ0) is 19.3. The maximum absolute atomic E-state index is 12.6. The van der Waals surface area contributed by atoms with E-state index in [0.29, 0.717) is 27.7 Å². The monoisotopic (exact) mass is 368 g/mol. The van der Waals surface area contributed by atoms with Gasteiger partial charge in [-0.2, -0.15) is 0 Å². The predicted octanol–water partition coefficient (Wildman–Crippen LogP) is 1.23. The third-order valence-corrected chi connectivity index (χ3v) is 4.95. The molecular weight excluding hydrogens is 348 g/mol. The van der Waals surface area contributed by atoms with Crippen LogP contribution in [0.25, 0.3) is 22.4 Å². The molecule has 0 saturated heterocycles. The van der Waals surface area contributed by atoms with Gasteiger partial charge in [0.05, 0.1) is 11.1 Å². The molecule has 8 nitrogen and oxygen atoms in total. The number of hydrogen-bond donors (Lipinski definition) is 3. The molecule has 4 rings (SSSR count). The van der Waals surface area contributed by atoms with Crippen LogP contribution >= 0.6 is 0 Å². The van der Waals surface area contributed by atoms with Crippen molar-refractivity contribution >= 4 is 10.9 Å². The summed E-state index contributed by atoms with van der Waals surface area (Å²) in [7, 11) is 1.65. The molecule has 0 radical (unpaired) electrons. The van der Waals surface area contributed by atoms with Crippen molar-refractivity contribution in [3.63, 3.8) is 0 Å². The van der Waals surface area contributed by atoms with Crippen molar-refractivity contribution in [3.8, 4) is 23.3 Å². The van der Waals surface area contributed by atoms with Crippen molar-refractivity contribution in [2.24, 2.45) is 13.0 Å². The summed E-state index contributed by atoms with van der Waals surface area (Å²) < 4.78 is 6.94. The molecule has 3 aromatic heterocycles. The fourth-order valence-electron chi connectivity index (χ4n) is 3.27. The van der Waals surface area contributed by atoms with E-state index >= 15 is 0 Å². The van der Waals surface area contributed by atoms with Crippen LogP contribution < -0.4 is 5.56 Å². The van der Waals surface area contributed by atoms with Gasteiger partial charge in [-0.05, 0) is 32.6 Å². The Labute approximate surface area is 154 Å². The van der Waals surface area contributed by atoms with E-state index in [0.717, 1.165) is 12.8 Å². The van der Waals surface area contributed by atoms with Crippen LogP contribution in [0, 0.1) is 24.7 Å². The van der Waals surface area contributed by atoms with E-state index in [1.165, 1.54) is 4.57 Å². The Bertz CT molecular complexity index is 1150. The molecule has 1 fully saturated rings. The number of hydrogen-bond acceptors (Lipinski definition) is 6. The van der Waals surface area contributed by atoms with Crippen molar-refractivity contribution in [1.29, 1.82) is 0 Å². The highest BCUT2D eigenvalue weighted by Gasteiger charge is 2.38. The maximum Gasteiger partial charge on any atom is 0.274 e. The molecule has 8 heteroatoms. The fourth-order valence-corrected chi connectivity index (χ4v) is 3.27. The average Bonchev–Trinajstić information content (AvgIpc) is 3.30. The molecule has 0 amide bonds. The number of fused-ring (bicyclic) bond motifs is 1. The smallest absolute Gasteiger partial charge is 0.274 e. The molecule has 0 aliphatic heterocycles. The first-order valence-electron chi connectivity index (χ1n) is 8.73. The molecule has 1 saturated carbocycles. The minimum atomic E-state index is -1.07. The Hall–Kier alpha value is -2.89. The lowest BCUT2D eigenvalue weighted by molar-refractivity contribution is 0.0980. The molecule has 1 atom stereocenters. The van der Waals surface area contributed by atoms with E-state index in [4.69, 9.17) is 4.42 Å². The number of nitrogens with zero attached hydrogens (tertiary/aromatic N) is 3. The minimum Gasteiger partial charge on any atom is -0.418 e. The zero-order valence-corrected chi connectivity index (χ0v) is 15.3. The number of H-pyrrole nitrogens is 1. The Morgan fingerprint density at radius 3 is 2.81 bits per heavy atom. The summed E-state index contributed by atoms with van der Waals surface area (Å²) >= 11 is 0. The SMILES string of the molecule is Cc1[nH]c2c(=O)n(C)cc(C#CC(C)(O)C3CC3)c2c1-c1nnc(CO)o1. The number of aryl methyl sites for hydroxylation is 2. The van der Waals surface area contributed by atoms with Crippen molar-refractivity contribution in [2.45, 2.75) is 38.9 Å². The Balaban J connectivity index is 1.97. The summed E-state index contributed by atoms with van der Waals surface area (Å²) in [6.07, 6.45) is 3.57. The highest BCUT2D eigenvalue weighted by Crippen LogP contribution is 2.39. The lowest BCUT2D eigenvalue weighted by atomic mass is 10.00. The maximum atomic E-state index is 12.6. The third-order valence-electron chi connectivity index (χ3n) is 4.95. The quantitative estimate of drug-likeness (QED) is 0.599. The van der Waals surface area contributed by atoms with Gasteiger partial charge in [0.15, 0.2) is 0 Å². The van der Waals surface area contributed by atoms with Gasteiger partial charge in [0.25, 0.3) is 5.56 Å². The standard InChI is InChI=1S/C19H20N4O4/c1-10-14(17-22-21-13(9-24)27-17)15-11(6-7-19(2,26)12-4-5-12)8-23(3)18(25)16(15)20-10/h8,12,20,24,26H,4-5,9H2,1-3H3. The van der Waals surface area contributed by atoms with E-state index in [1.54, 1.807) is 27.1 Å². The summed E-state index contributed by atoms with van der Waals surface area (Å²) in [5.74, 6) is 6.47. The van der Waals surface area contributed by atoms with Crippen LogP contribution in [0.1, 0.15) is 36.9 Å². The first kappa shape index (κ1) is 17.5. The highest BCUT2D eigenvalue weighted by molar-refractivity contribution is 5.99. The topological polar surface area (TPSA) is 117 Å². The summed E-state index contributed by atoms with van der Waals surface area (Å²) in [6.45, 7) is 3.15. The minimum absolute atomic E-state index is 0.0897. The van der Waals surface area contributed by atoms with Gasteiger partial charge in [-0.15, -0.1) is 10.2 Å². The van der Waals surface area contributed by atoms with Crippen LogP contribution in [0.4, 0.5) is 0 Å². The molecular formula is C19H20N4O4. The first-order chi connectivity index (χ1) is 12.8. The zero-order valence-electron chi connectivity index (χ0n) is 15.3. The molecule has 140 valence electrons. The second kappa shape index (κ2) is 6.08. The summed E-state index contributed by atoms with van der Waals surface area (Å²) in [6, 6.07) is 0. The summed E-state index contributed by atoms with van der Waals surface area (Å²) in [4.78, 5) is 15.7. The van der Waals surface area contributed by atoms with Crippen LogP contribution in [0.15, 0.2) is 15.4 Å². The number of rotatable bonds is 3. The van der Waals surface area contributed by atoms with Gasteiger partial charge >= 0.3 is 0 Å². The van der Waals surface area contributed by atoms with Crippen LogP contribution in [0.5, 0.6) is 0 Å².